The van der Waals surface area contributed by atoms with E-state index in [9.17, 15) is 0 Å². The molecule has 0 fully saturated rings. The summed E-state index contributed by atoms with van der Waals surface area (Å²) >= 11 is 0. The second kappa shape index (κ2) is 6.88. The zero-order valence-electron chi connectivity index (χ0n) is 12.4. The maximum atomic E-state index is 3.52. The van der Waals surface area contributed by atoms with Crippen molar-refractivity contribution in [2.24, 2.45) is 0 Å². The summed E-state index contributed by atoms with van der Waals surface area (Å²) in [6, 6.07) is 9.34. The number of benzene rings is 1. The van der Waals surface area contributed by atoms with Gasteiger partial charge in [-0.1, -0.05) is 49.8 Å². The lowest BCUT2D eigenvalue weighted by Crippen LogP contribution is -2.29. The van der Waals surface area contributed by atoms with Crippen molar-refractivity contribution in [2.75, 3.05) is 13.1 Å². The van der Waals surface area contributed by atoms with Crippen molar-refractivity contribution in [1.29, 1.82) is 0 Å². The Morgan fingerprint density at radius 1 is 1.21 bits per heavy atom. The molecule has 2 rings (SSSR count). The smallest absolute Gasteiger partial charge is 0.0240 e. The fourth-order valence-electron chi connectivity index (χ4n) is 2.40. The predicted octanol–water partition coefficient (Wildman–Crippen LogP) is 3.34. The first-order valence-corrected chi connectivity index (χ1v) is 7.33. The number of hydrogen-bond donors (Lipinski definition) is 1. The fraction of sp³-hybridized carbons (Fsp3) is 0.529. The summed E-state index contributed by atoms with van der Waals surface area (Å²) in [5, 5.41) is 3.52. The van der Waals surface area contributed by atoms with Gasteiger partial charge in [0.15, 0.2) is 0 Å². The molecule has 0 radical (unpaired) electrons. The largest absolute Gasteiger partial charge is 0.310 e. The molecule has 1 aromatic rings. The average molecular weight is 258 g/mol. The lowest BCUT2D eigenvalue weighted by Gasteiger charge is -2.26. The van der Waals surface area contributed by atoms with Crippen LogP contribution in [0.5, 0.6) is 0 Å². The maximum absolute atomic E-state index is 3.52. The van der Waals surface area contributed by atoms with Gasteiger partial charge in [-0.15, -0.1) is 0 Å². The van der Waals surface area contributed by atoms with E-state index in [1.54, 1.807) is 0 Å². The SMILES string of the molecule is CC1=CCN(Cc2ccccc2CNC(C)C)CC1. The minimum absolute atomic E-state index is 0.536. The van der Waals surface area contributed by atoms with E-state index in [4.69, 9.17) is 0 Å². The normalized spacial score (nSPS) is 16.7. The van der Waals surface area contributed by atoms with Crippen molar-refractivity contribution in [1.82, 2.24) is 10.2 Å². The second-order valence-electron chi connectivity index (χ2n) is 5.84. The van der Waals surface area contributed by atoms with Gasteiger partial charge in [0.1, 0.15) is 0 Å². The van der Waals surface area contributed by atoms with E-state index in [0.29, 0.717) is 6.04 Å². The van der Waals surface area contributed by atoms with E-state index in [0.717, 1.165) is 19.6 Å². The highest BCUT2D eigenvalue weighted by molar-refractivity contribution is 5.27. The zero-order valence-corrected chi connectivity index (χ0v) is 12.4. The molecule has 1 N–H and O–H groups in total. The van der Waals surface area contributed by atoms with E-state index in [1.165, 1.54) is 29.7 Å². The van der Waals surface area contributed by atoms with Crippen molar-refractivity contribution in [3.8, 4) is 0 Å². The Labute approximate surface area is 117 Å². The highest BCUT2D eigenvalue weighted by Gasteiger charge is 2.11. The summed E-state index contributed by atoms with van der Waals surface area (Å²) in [7, 11) is 0. The molecule has 0 atom stereocenters. The molecular formula is C17H26N2. The van der Waals surface area contributed by atoms with Crippen molar-refractivity contribution in [3.05, 3.63) is 47.0 Å². The third-order valence-electron chi connectivity index (χ3n) is 3.73. The van der Waals surface area contributed by atoms with Crippen LogP contribution in [0, 0.1) is 0 Å². The lowest BCUT2D eigenvalue weighted by atomic mass is 10.0. The molecule has 2 heteroatoms. The Hall–Kier alpha value is -1.12. The number of hydrogen-bond acceptors (Lipinski definition) is 2. The monoisotopic (exact) mass is 258 g/mol. The molecule has 19 heavy (non-hydrogen) atoms. The van der Waals surface area contributed by atoms with Crippen LogP contribution < -0.4 is 5.32 Å². The first-order chi connectivity index (χ1) is 9.15. The molecule has 0 spiro atoms. The van der Waals surface area contributed by atoms with Crippen LogP contribution in [-0.4, -0.2) is 24.0 Å². The van der Waals surface area contributed by atoms with E-state index in [2.05, 4.69) is 61.3 Å². The minimum atomic E-state index is 0.536. The van der Waals surface area contributed by atoms with Gasteiger partial charge in [-0.05, 0) is 24.5 Å². The van der Waals surface area contributed by atoms with Gasteiger partial charge in [0.25, 0.3) is 0 Å². The van der Waals surface area contributed by atoms with Crippen LogP contribution >= 0.6 is 0 Å². The minimum Gasteiger partial charge on any atom is -0.310 e. The van der Waals surface area contributed by atoms with Gasteiger partial charge in [-0.2, -0.15) is 0 Å². The average Bonchev–Trinajstić information content (AvgIpc) is 2.40. The van der Waals surface area contributed by atoms with Gasteiger partial charge in [0.2, 0.25) is 0 Å². The second-order valence-corrected chi connectivity index (χ2v) is 5.84. The third-order valence-corrected chi connectivity index (χ3v) is 3.73. The third kappa shape index (κ3) is 4.48. The van der Waals surface area contributed by atoms with E-state index in [1.807, 2.05) is 0 Å². The van der Waals surface area contributed by atoms with Crippen LogP contribution in [0.4, 0.5) is 0 Å². The summed E-state index contributed by atoms with van der Waals surface area (Å²) in [6.07, 6.45) is 3.57. The van der Waals surface area contributed by atoms with E-state index < -0.39 is 0 Å². The lowest BCUT2D eigenvalue weighted by molar-refractivity contribution is 0.285. The summed E-state index contributed by atoms with van der Waals surface area (Å²) in [5.41, 5.74) is 4.43. The summed E-state index contributed by atoms with van der Waals surface area (Å²) in [4.78, 5) is 2.53. The fourth-order valence-corrected chi connectivity index (χ4v) is 2.40. The Balaban J connectivity index is 1.99. The molecule has 0 amide bonds. The van der Waals surface area contributed by atoms with Crippen LogP contribution in [-0.2, 0) is 13.1 Å². The molecule has 0 bridgehead atoms. The van der Waals surface area contributed by atoms with Gasteiger partial charge in [0.05, 0.1) is 0 Å². The van der Waals surface area contributed by atoms with Gasteiger partial charge >= 0.3 is 0 Å². The molecular weight excluding hydrogens is 232 g/mol. The van der Waals surface area contributed by atoms with Crippen molar-refractivity contribution in [3.63, 3.8) is 0 Å². The summed E-state index contributed by atoms with van der Waals surface area (Å²) in [5.74, 6) is 0. The maximum Gasteiger partial charge on any atom is 0.0240 e. The summed E-state index contributed by atoms with van der Waals surface area (Å²) < 4.78 is 0. The first kappa shape index (κ1) is 14.3. The zero-order chi connectivity index (χ0) is 13.7. The molecule has 1 aliphatic rings. The quantitative estimate of drug-likeness (QED) is 0.815. The van der Waals surface area contributed by atoms with Crippen LogP contribution in [0.3, 0.4) is 0 Å². The molecule has 1 heterocycles. The standard InChI is InChI=1S/C17H26N2/c1-14(2)18-12-16-6-4-5-7-17(16)13-19-10-8-15(3)9-11-19/h4-8,14,18H,9-13H2,1-3H3. The van der Waals surface area contributed by atoms with Gasteiger partial charge in [-0.25, -0.2) is 0 Å². The van der Waals surface area contributed by atoms with Crippen molar-refractivity contribution < 1.29 is 0 Å². The van der Waals surface area contributed by atoms with Gasteiger partial charge in [-0.3, -0.25) is 4.90 Å². The Morgan fingerprint density at radius 2 is 1.95 bits per heavy atom. The number of nitrogens with zero attached hydrogens (tertiary/aromatic N) is 1. The molecule has 0 saturated heterocycles. The van der Waals surface area contributed by atoms with Crippen LogP contribution in [0.1, 0.15) is 38.3 Å². The van der Waals surface area contributed by atoms with Crippen molar-refractivity contribution in [2.45, 2.75) is 46.3 Å². The van der Waals surface area contributed by atoms with Gasteiger partial charge in [0, 0.05) is 32.2 Å². The Bertz CT molecular complexity index is 435. The molecule has 1 aliphatic heterocycles. The Morgan fingerprint density at radius 3 is 2.58 bits per heavy atom. The molecule has 2 nitrogen and oxygen atoms in total. The molecule has 104 valence electrons. The number of nitrogens with one attached hydrogen (secondary N) is 1. The van der Waals surface area contributed by atoms with Gasteiger partial charge < -0.3 is 5.32 Å². The molecule has 0 aromatic heterocycles. The highest BCUT2D eigenvalue weighted by Crippen LogP contribution is 2.16. The topological polar surface area (TPSA) is 15.3 Å². The van der Waals surface area contributed by atoms with Crippen molar-refractivity contribution >= 4 is 0 Å². The molecule has 0 unspecified atom stereocenters. The molecule has 0 aliphatic carbocycles. The van der Waals surface area contributed by atoms with E-state index >= 15 is 0 Å². The molecule has 0 saturated carbocycles. The predicted molar refractivity (Wildman–Crippen MR) is 82.1 cm³/mol. The van der Waals surface area contributed by atoms with Crippen LogP contribution in [0.25, 0.3) is 0 Å². The van der Waals surface area contributed by atoms with Crippen LogP contribution in [0.15, 0.2) is 35.9 Å². The van der Waals surface area contributed by atoms with Crippen LogP contribution in [0.2, 0.25) is 0 Å². The first-order valence-electron chi connectivity index (χ1n) is 7.33. The summed E-state index contributed by atoms with van der Waals surface area (Å²) in [6.45, 7) is 10.9. The molecule has 1 aromatic carbocycles. The highest BCUT2D eigenvalue weighted by atomic mass is 15.1. The Kier molecular flexibility index (Phi) is 5.17. The number of rotatable bonds is 5. The van der Waals surface area contributed by atoms with E-state index in [-0.39, 0.29) is 0 Å².